The lowest BCUT2D eigenvalue weighted by molar-refractivity contribution is 0.165. The zero-order valence-electron chi connectivity index (χ0n) is 14.1. The molecule has 0 aliphatic carbocycles. The van der Waals surface area contributed by atoms with E-state index in [1.807, 2.05) is 12.4 Å². The van der Waals surface area contributed by atoms with Crippen molar-refractivity contribution in [2.45, 2.75) is 25.9 Å². The second kappa shape index (κ2) is 6.65. The number of hydrogen-bond acceptors (Lipinski definition) is 3. The largest absolute Gasteiger partial charge is 0.381 e. The number of likely N-dealkylation sites (tertiary alicyclic amines) is 1. The number of nitrogens with one attached hydrogen (secondary N) is 2. The third kappa shape index (κ3) is 3.15. The maximum atomic E-state index is 4.37. The van der Waals surface area contributed by atoms with Crippen molar-refractivity contribution >= 4 is 16.7 Å². The number of aromatic nitrogens is 2. The van der Waals surface area contributed by atoms with E-state index in [2.05, 4.69) is 69.6 Å². The normalized spacial score (nSPS) is 21.9. The molecule has 2 atom stereocenters. The van der Waals surface area contributed by atoms with Gasteiger partial charge in [0.2, 0.25) is 0 Å². The Morgan fingerprint density at radius 3 is 2.92 bits per heavy atom. The van der Waals surface area contributed by atoms with Gasteiger partial charge in [0.15, 0.2) is 0 Å². The Labute approximate surface area is 142 Å². The highest BCUT2D eigenvalue weighted by Crippen LogP contribution is 2.26. The lowest BCUT2D eigenvalue weighted by atomic mass is 9.93. The topological polar surface area (TPSA) is 44.0 Å². The summed E-state index contributed by atoms with van der Waals surface area (Å²) in [5.74, 6) is 0.615. The molecule has 4 nitrogen and oxygen atoms in total. The zero-order chi connectivity index (χ0) is 16.4. The zero-order valence-corrected chi connectivity index (χ0v) is 14.1. The van der Waals surface area contributed by atoms with Crippen molar-refractivity contribution in [3.8, 4) is 0 Å². The van der Waals surface area contributed by atoms with Gasteiger partial charge in [-0.25, -0.2) is 4.98 Å². The number of fused-ring (bicyclic) bond motifs is 1. The average molecular weight is 320 g/mol. The van der Waals surface area contributed by atoms with E-state index in [1.54, 1.807) is 0 Å². The van der Waals surface area contributed by atoms with Crippen LogP contribution in [0.15, 0.2) is 54.9 Å². The number of benzene rings is 1. The van der Waals surface area contributed by atoms with Gasteiger partial charge in [-0.15, -0.1) is 0 Å². The van der Waals surface area contributed by atoms with Gasteiger partial charge in [0.05, 0.1) is 0 Å². The monoisotopic (exact) mass is 320 g/mol. The lowest BCUT2D eigenvalue weighted by Crippen LogP contribution is -2.44. The van der Waals surface area contributed by atoms with Crippen molar-refractivity contribution < 1.29 is 0 Å². The molecule has 0 spiro atoms. The second-order valence-corrected chi connectivity index (χ2v) is 6.84. The van der Waals surface area contributed by atoms with Gasteiger partial charge in [0.25, 0.3) is 0 Å². The van der Waals surface area contributed by atoms with Crippen molar-refractivity contribution in [1.29, 1.82) is 0 Å². The van der Waals surface area contributed by atoms with Crippen LogP contribution in [0.4, 0.5) is 5.69 Å². The maximum Gasteiger partial charge on any atom is 0.139 e. The molecule has 1 aromatic carbocycles. The van der Waals surface area contributed by atoms with Crippen molar-refractivity contribution in [2.75, 3.05) is 18.4 Å². The van der Waals surface area contributed by atoms with Crippen LogP contribution >= 0.6 is 0 Å². The first kappa shape index (κ1) is 15.2. The number of aromatic amines is 1. The van der Waals surface area contributed by atoms with Gasteiger partial charge < -0.3 is 10.3 Å². The molecule has 1 aliphatic heterocycles. The molecule has 2 N–H and O–H groups in total. The number of pyridine rings is 1. The molecule has 1 fully saturated rings. The summed E-state index contributed by atoms with van der Waals surface area (Å²) in [4.78, 5) is 10.1. The molecule has 24 heavy (non-hydrogen) atoms. The van der Waals surface area contributed by atoms with E-state index >= 15 is 0 Å². The quantitative estimate of drug-likeness (QED) is 0.766. The van der Waals surface area contributed by atoms with Crippen molar-refractivity contribution in [3.05, 3.63) is 60.4 Å². The first-order valence-electron chi connectivity index (χ1n) is 8.74. The number of rotatable bonds is 4. The van der Waals surface area contributed by atoms with Gasteiger partial charge in [-0.05, 0) is 30.0 Å². The molecular formula is C20H24N4. The Morgan fingerprint density at radius 2 is 2.08 bits per heavy atom. The summed E-state index contributed by atoms with van der Waals surface area (Å²) in [5.41, 5.74) is 3.54. The fourth-order valence-corrected chi connectivity index (χ4v) is 3.72. The Morgan fingerprint density at radius 1 is 1.21 bits per heavy atom. The summed E-state index contributed by atoms with van der Waals surface area (Å²) < 4.78 is 0. The molecule has 3 heterocycles. The minimum Gasteiger partial charge on any atom is -0.381 e. The Hall–Kier alpha value is -2.33. The minimum absolute atomic E-state index is 0.512. The molecule has 1 aliphatic rings. The van der Waals surface area contributed by atoms with E-state index in [4.69, 9.17) is 0 Å². The van der Waals surface area contributed by atoms with Gasteiger partial charge in [-0.2, -0.15) is 0 Å². The van der Waals surface area contributed by atoms with Gasteiger partial charge in [0.1, 0.15) is 5.65 Å². The predicted molar refractivity (Wildman–Crippen MR) is 99.0 cm³/mol. The third-order valence-electron chi connectivity index (χ3n) is 5.04. The van der Waals surface area contributed by atoms with Gasteiger partial charge in [-0.1, -0.05) is 37.3 Å². The average Bonchev–Trinajstić information content (AvgIpc) is 3.08. The molecule has 124 valence electrons. The van der Waals surface area contributed by atoms with Gasteiger partial charge in [0, 0.05) is 49.1 Å². The molecule has 0 unspecified atom stereocenters. The van der Waals surface area contributed by atoms with Crippen LogP contribution in [-0.4, -0.2) is 34.0 Å². The van der Waals surface area contributed by atoms with Crippen LogP contribution in [0, 0.1) is 5.92 Å². The molecule has 3 aromatic rings. The summed E-state index contributed by atoms with van der Waals surface area (Å²) in [6, 6.07) is 15.5. The minimum atomic E-state index is 0.512. The van der Waals surface area contributed by atoms with Crippen LogP contribution in [0.5, 0.6) is 0 Å². The Balaban J connectivity index is 1.41. The van der Waals surface area contributed by atoms with Crippen molar-refractivity contribution in [1.82, 2.24) is 14.9 Å². The third-order valence-corrected chi connectivity index (χ3v) is 5.04. The summed E-state index contributed by atoms with van der Waals surface area (Å²) in [6.07, 6.45) is 4.99. The maximum absolute atomic E-state index is 4.37. The molecule has 4 heteroatoms. The SMILES string of the molecule is C[C@@H]1CN(Cc2ccccc2)CC[C@@H]1Nc1ccnc2[nH]ccc12. The Bertz CT molecular complexity index is 796. The molecule has 1 saturated heterocycles. The molecule has 0 saturated carbocycles. The number of hydrogen-bond donors (Lipinski definition) is 2. The van der Waals surface area contributed by atoms with Crippen molar-refractivity contribution in [2.24, 2.45) is 5.92 Å². The summed E-state index contributed by atoms with van der Waals surface area (Å²) in [6.45, 7) is 5.67. The number of anilines is 1. The van der Waals surface area contributed by atoms with Crippen LogP contribution in [0.2, 0.25) is 0 Å². The highest BCUT2D eigenvalue weighted by atomic mass is 15.1. The lowest BCUT2D eigenvalue weighted by Gasteiger charge is -2.38. The highest BCUT2D eigenvalue weighted by molar-refractivity contribution is 5.89. The van der Waals surface area contributed by atoms with E-state index in [1.165, 1.54) is 23.1 Å². The van der Waals surface area contributed by atoms with E-state index in [0.717, 1.165) is 25.3 Å². The fourth-order valence-electron chi connectivity index (χ4n) is 3.72. The highest BCUT2D eigenvalue weighted by Gasteiger charge is 2.26. The standard InChI is InChI=1S/C20H24N4/c1-15-13-24(14-16-5-3-2-4-6-16)12-9-18(15)23-19-8-11-22-20-17(19)7-10-21-20/h2-8,10-11,15,18H,9,12-14H2,1H3,(H2,21,22,23)/t15-,18+/m1/s1. The van der Waals surface area contributed by atoms with Crippen molar-refractivity contribution in [3.63, 3.8) is 0 Å². The molecule has 0 radical (unpaired) electrons. The van der Waals surface area contributed by atoms with Crippen LogP contribution in [0.3, 0.4) is 0 Å². The molecule has 0 amide bonds. The summed E-state index contributed by atoms with van der Waals surface area (Å²) in [7, 11) is 0. The van der Waals surface area contributed by atoms with Gasteiger partial charge >= 0.3 is 0 Å². The van der Waals surface area contributed by atoms with E-state index in [9.17, 15) is 0 Å². The van der Waals surface area contributed by atoms with Crippen LogP contribution in [-0.2, 0) is 6.54 Å². The first-order chi connectivity index (χ1) is 11.8. The molecule has 0 bridgehead atoms. The smallest absolute Gasteiger partial charge is 0.139 e. The Kier molecular flexibility index (Phi) is 4.22. The number of piperidine rings is 1. The molecular weight excluding hydrogens is 296 g/mol. The van der Waals surface area contributed by atoms with Gasteiger partial charge in [-0.3, -0.25) is 4.90 Å². The summed E-state index contributed by atoms with van der Waals surface area (Å²) in [5, 5.41) is 4.93. The second-order valence-electron chi connectivity index (χ2n) is 6.84. The molecule has 4 rings (SSSR count). The van der Waals surface area contributed by atoms with Crippen LogP contribution in [0.1, 0.15) is 18.9 Å². The van der Waals surface area contributed by atoms with E-state index < -0.39 is 0 Å². The van der Waals surface area contributed by atoms with Crippen LogP contribution < -0.4 is 5.32 Å². The van der Waals surface area contributed by atoms with E-state index in [-0.39, 0.29) is 0 Å². The van der Waals surface area contributed by atoms with E-state index in [0.29, 0.717) is 12.0 Å². The predicted octanol–water partition coefficient (Wildman–Crippen LogP) is 3.89. The summed E-state index contributed by atoms with van der Waals surface area (Å²) >= 11 is 0. The number of H-pyrrole nitrogens is 1. The first-order valence-corrected chi connectivity index (χ1v) is 8.74. The number of nitrogens with zero attached hydrogens (tertiary/aromatic N) is 2. The van der Waals surface area contributed by atoms with Crippen LogP contribution in [0.25, 0.3) is 11.0 Å². The molecule has 2 aromatic heterocycles. The fraction of sp³-hybridized carbons (Fsp3) is 0.350.